The van der Waals surface area contributed by atoms with Crippen LogP contribution in [-0.2, 0) is 30.6 Å². The first-order valence-electron chi connectivity index (χ1n) is 12.9. The zero-order chi connectivity index (χ0) is 27.9. The van der Waals surface area contributed by atoms with Gasteiger partial charge in [0, 0.05) is 36.9 Å². The summed E-state index contributed by atoms with van der Waals surface area (Å²) in [5.41, 5.74) is 2.41. The number of halogens is 1. The van der Waals surface area contributed by atoms with Crippen molar-refractivity contribution in [3.63, 3.8) is 0 Å². The molecule has 1 amide bonds. The van der Waals surface area contributed by atoms with Gasteiger partial charge in [0.1, 0.15) is 29.3 Å². The summed E-state index contributed by atoms with van der Waals surface area (Å²) in [7, 11) is 1.49. The van der Waals surface area contributed by atoms with E-state index in [1.165, 1.54) is 18.1 Å². The van der Waals surface area contributed by atoms with Crippen molar-refractivity contribution in [2.24, 2.45) is 0 Å². The number of fused-ring (bicyclic) bond motifs is 2. The number of nitrogens with zero attached hydrogens (tertiary/aromatic N) is 1. The number of carboxylic acid groups (broad SMARTS) is 1. The average molecular weight is 534 g/mol. The molecule has 8 heteroatoms. The predicted molar refractivity (Wildman–Crippen MR) is 143 cm³/mol. The minimum atomic E-state index is -1.11. The number of amides is 1. The third-order valence-electron chi connectivity index (χ3n) is 7.15. The number of hydrogen-bond acceptors (Lipinski definition) is 5. The highest BCUT2D eigenvalue weighted by Gasteiger charge is 2.38. The molecule has 204 valence electrons. The summed E-state index contributed by atoms with van der Waals surface area (Å²) < 4.78 is 32.1. The largest absolute Gasteiger partial charge is 0.493 e. The summed E-state index contributed by atoms with van der Waals surface area (Å²) in [4.78, 5) is 26.7. The van der Waals surface area contributed by atoms with E-state index in [9.17, 15) is 19.1 Å². The van der Waals surface area contributed by atoms with E-state index in [0.29, 0.717) is 35.5 Å². The van der Waals surface area contributed by atoms with Crippen molar-refractivity contribution in [1.29, 1.82) is 0 Å². The fraction of sp³-hybridized carbons (Fsp3) is 0.355. The molecular formula is C31H32FNO6. The Morgan fingerprint density at radius 3 is 2.51 bits per heavy atom. The Morgan fingerprint density at radius 1 is 1.03 bits per heavy atom. The van der Waals surface area contributed by atoms with Crippen molar-refractivity contribution in [3.8, 4) is 17.2 Å². The molecule has 39 heavy (non-hydrogen) atoms. The van der Waals surface area contributed by atoms with Gasteiger partial charge < -0.3 is 24.2 Å². The van der Waals surface area contributed by atoms with Gasteiger partial charge >= 0.3 is 5.97 Å². The molecule has 0 saturated heterocycles. The number of methoxy groups -OCH3 is 1. The molecule has 0 aliphatic carbocycles. The van der Waals surface area contributed by atoms with E-state index >= 15 is 0 Å². The van der Waals surface area contributed by atoms with Crippen molar-refractivity contribution >= 4 is 11.9 Å². The number of rotatable bonds is 8. The van der Waals surface area contributed by atoms with Crippen molar-refractivity contribution in [3.05, 3.63) is 88.2 Å². The molecular weight excluding hydrogens is 501 g/mol. The van der Waals surface area contributed by atoms with Crippen LogP contribution in [0, 0.1) is 5.82 Å². The molecule has 2 aliphatic heterocycles. The van der Waals surface area contributed by atoms with Gasteiger partial charge in [-0.05, 0) is 61.7 Å². The van der Waals surface area contributed by atoms with Crippen molar-refractivity contribution < 1.29 is 33.3 Å². The molecule has 7 nitrogen and oxygen atoms in total. The minimum Gasteiger partial charge on any atom is -0.493 e. The first kappa shape index (κ1) is 26.5. The average Bonchev–Trinajstić information content (AvgIpc) is 3.37. The summed E-state index contributed by atoms with van der Waals surface area (Å²) in [6, 6.07) is 15.6. The van der Waals surface area contributed by atoms with Crippen molar-refractivity contribution in [2.75, 3.05) is 13.7 Å². The summed E-state index contributed by atoms with van der Waals surface area (Å²) in [6.45, 7) is 5.59. The third kappa shape index (κ3) is 5.55. The molecule has 1 N–H and O–H groups in total. The Kier molecular flexibility index (Phi) is 6.74. The van der Waals surface area contributed by atoms with E-state index < -0.39 is 24.0 Å². The summed E-state index contributed by atoms with van der Waals surface area (Å²) in [5.74, 6) is -0.144. The van der Waals surface area contributed by atoms with Crippen LogP contribution in [0.2, 0.25) is 0 Å². The number of carbonyl (C=O) groups is 2. The lowest BCUT2D eigenvalue weighted by molar-refractivity contribution is -0.137. The monoisotopic (exact) mass is 533 g/mol. The number of hydrogen-bond donors (Lipinski definition) is 1. The van der Waals surface area contributed by atoms with Gasteiger partial charge in [0.05, 0.1) is 7.11 Å². The number of carbonyl (C=O) groups excluding carboxylic acids is 1. The summed E-state index contributed by atoms with van der Waals surface area (Å²) in [6.07, 6.45) is 1.51. The van der Waals surface area contributed by atoms with E-state index in [1.54, 1.807) is 30.3 Å². The van der Waals surface area contributed by atoms with Crippen LogP contribution >= 0.6 is 0 Å². The molecule has 0 radical (unpaired) electrons. The minimum absolute atomic E-state index is 0.125. The van der Waals surface area contributed by atoms with Crippen molar-refractivity contribution in [1.82, 2.24) is 4.90 Å². The lowest BCUT2D eigenvalue weighted by Crippen LogP contribution is -2.35. The number of carboxylic acids is 1. The second-order valence-electron chi connectivity index (χ2n) is 11.2. The normalized spacial score (nSPS) is 18.5. The Labute approximate surface area is 227 Å². The lowest BCUT2D eigenvalue weighted by Gasteiger charge is -2.24. The SMILES string of the molecule is COc1cc(C(=O)N(CC(=O)O)Cc2ccc3c(c2)CC(C)(C)O3)cc2c1O[C@@](C)(Cc1ccccc1F)C2. The van der Waals surface area contributed by atoms with Crippen LogP contribution in [0.25, 0.3) is 0 Å². The fourth-order valence-electron chi connectivity index (χ4n) is 5.54. The van der Waals surface area contributed by atoms with Gasteiger partial charge in [-0.3, -0.25) is 9.59 Å². The maximum absolute atomic E-state index is 14.4. The van der Waals surface area contributed by atoms with Gasteiger partial charge in [0.15, 0.2) is 11.5 Å². The van der Waals surface area contributed by atoms with Crippen LogP contribution in [0.1, 0.15) is 53.4 Å². The molecule has 5 rings (SSSR count). The molecule has 0 aromatic heterocycles. The fourth-order valence-corrected chi connectivity index (χ4v) is 5.54. The van der Waals surface area contributed by atoms with Crippen LogP contribution in [0.15, 0.2) is 54.6 Å². The van der Waals surface area contributed by atoms with E-state index in [4.69, 9.17) is 14.2 Å². The first-order valence-corrected chi connectivity index (χ1v) is 12.9. The lowest BCUT2D eigenvalue weighted by atomic mass is 9.91. The van der Waals surface area contributed by atoms with Gasteiger partial charge in [-0.25, -0.2) is 4.39 Å². The van der Waals surface area contributed by atoms with Gasteiger partial charge in [-0.1, -0.05) is 30.3 Å². The first-order chi connectivity index (χ1) is 18.4. The molecule has 2 aliphatic rings. The highest BCUT2D eigenvalue weighted by molar-refractivity contribution is 5.97. The maximum Gasteiger partial charge on any atom is 0.323 e. The summed E-state index contributed by atoms with van der Waals surface area (Å²) >= 11 is 0. The maximum atomic E-state index is 14.4. The quantitative estimate of drug-likeness (QED) is 0.428. The summed E-state index contributed by atoms with van der Waals surface area (Å²) in [5, 5.41) is 9.58. The Balaban J connectivity index is 1.41. The Hall–Kier alpha value is -4.07. The number of benzene rings is 3. The van der Waals surface area contributed by atoms with Crippen molar-refractivity contribution in [2.45, 2.75) is 57.8 Å². The van der Waals surface area contributed by atoms with E-state index in [-0.39, 0.29) is 18.0 Å². The van der Waals surface area contributed by atoms with Crippen LogP contribution in [0.3, 0.4) is 0 Å². The highest BCUT2D eigenvalue weighted by Crippen LogP contribution is 2.44. The van der Waals surface area contributed by atoms with Crippen LogP contribution in [0.4, 0.5) is 4.39 Å². The third-order valence-corrected chi connectivity index (χ3v) is 7.15. The van der Waals surface area contributed by atoms with Gasteiger partial charge in [0.25, 0.3) is 5.91 Å². The predicted octanol–water partition coefficient (Wildman–Crippen LogP) is 5.21. The van der Waals surface area contributed by atoms with Gasteiger partial charge in [0.2, 0.25) is 0 Å². The second-order valence-corrected chi connectivity index (χ2v) is 11.2. The molecule has 3 aromatic rings. The van der Waals surface area contributed by atoms with Crippen LogP contribution < -0.4 is 14.2 Å². The molecule has 0 bridgehead atoms. The molecule has 2 heterocycles. The van der Waals surface area contributed by atoms with E-state index in [0.717, 1.165) is 28.9 Å². The van der Waals surface area contributed by atoms with E-state index in [2.05, 4.69) is 0 Å². The number of aliphatic carboxylic acids is 1. The highest BCUT2D eigenvalue weighted by atomic mass is 19.1. The van der Waals surface area contributed by atoms with Crippen LogP contribution in [-0.4, -0.2) is 46.7 Å². The zero-order valence-corrected chi connectivity index (χ0v) is 22.5. The topological polar surface area (TPSA) is 85.3 Å². The van der Waals surface area contributed by atoms with Crippen LogP contribution in [0.5, 0.6) is 17.2 Å². The Bertz CT molecular complexity index is 1450. The molecule has 0 unspecified atom stereocenters. The zero-order valence-electron chi connectivity index (χ0n) is 22.5. The van der Waals surface area contributed by atoms with E-state index in [1.807, 2.05) is 39.0 Å². The molecule has 1 atom stereocenters. The molecule has 0 fully saturated rings. The molecule has 3 aromatic carbocycles. The number of ether oxygens (including phenoxy) is 3. The standard InChI is InChI=1S/C31H32FNO6/c1-30(2)14-22-11-19(9-10-25(22)38-30)17-33(18-27(34)35)29(36)21-12-23-16-31(3,39-28(23)26(13-21)37-4)15-20-7-5-6-8-24(20)32/h5-13H,14-18H2,1-4H3,(H,34,35)/t31-/m0/s1. The second kappa shape index (κ2) is 9.91. The van der Waals surface area contributed by atoms with Gasteiger partial charge in [-0.2, -0.15) is 0 Å². The molecule has 0 spiro atoms. The van der Waals surface area contributed by atoms with Gasteiger partial charge in [-0.15, -0.1) is 0 Å². The Morgan fingerprint density at radius 2 is 1.79 bits per heavy atom. The smallest absolute Gasteiger partial charge is 0.323 e. The molecule has 0 saturated carbocycles.